The summed E-state index contributed by atoms with van der Waals surface area (Å²) in [6.45, 7) is 9.00. The van der Waals surface area contributed by atoms with E-state index in [0.717, 1.165) is 37.5 Å². The molecule has 3 rings (SSSR count). The van der Waals surface area contributed by atoms with Crippen LogP contribution in [0.25, 0.3) is 0 Å². The molecule has 1 aromatic heterocycles. The molecule has 1 N–H and O–H groups in total. The van der Waals surface area contributed by atoms with Crippen molar-refractivity contribution >= 4 is 0 Å². The van der Waals surface area contributed by atoms with E-state index in [4.69, 9.17) is 4.74 Å². The molecule has 128 valence electrons. The Hall–Kier alpha value is -2.14. The molecule has 1 saturated heterocycles. The third-order valence-electron chi connectivity index (χ3n) is 5.03. The van der Waals surface area contributed by atoms with Crippen molar-refractivity contribution in [2.24, 2.45) is 0 Å². The number of benzene rings is 1. The summed E-state index contributed by atoms with van der Waals surface area (Å²) in [5.41, 5.74) is 4.70. The lowest BCUT2D eigenvalue weighted by atomic mass is 10.0. The maximum absolute atomic E-state index is 11.7. The fraction of sp³-hybridized carbons (Fsp3) is 0.474. The largest absolute Gasteiger partial charge is 0.496 e. The molecule has 0 spiro atoms. The van der Waals surface area contributed by atoms with Crippen LogP contribution in [0.2, 0.25) is 0 Å². The Morgan fingerprint density at radius 2 is 2.08 bits per heavy atom. The number of aromatic amines is 1. The highest BCUT2D eigenvalue weighted by Gasteiger charge is 2.26. The zero-order valence-electron chi connectivity index (χ0n) is 14.8. The van der Waals surface area contributed by atoms with Gasteiger partial charge in [0, 0.05) is 25.1 Å². The molecule has 2 heterocycles. The first kappa shape index (κ1) is 16.7. The Morgan fingerprint density at radius 3 is 2.79 bits per heavy atom. The van der Waals surface area contributed by atoms with Crippen molar-refractivity contribution in [1.29, 1.82) is 0 Å². The second-order valence-electron chi connectivity index (χ2n) is 6.65. The van der Waals surface area contributed by atoms with Crippen LogP contribution in [0.1, 0.15) is 40.5 Å². The van der Waals surface area contributed by atoms with Crippen LogP contribution in [0.5, 0.6) is 5.75 Å². The lowest BCUT2D eigenvalue weighted by Crippen LogP contribution is -2.21. The van der Waals surface area contributed by atoms with E-state index in [9.17, 15) is 4.79 Å². The second-order valence-corrected chi connectivity index (χ2v) is 6.65. The minimum Gasteiger partial charge on any atom is -0.496 e. The highest BCUT2D eigenvalue weighted by atomic mass is 16.5. The van der Waals surface area contributed by atoms with Crippen LogP contribution in [0.4, 0.5) is 0 Å². The third kappa shape index (κ3) is 3.36. The van der Waals surface area contributed by atoms with Gasteiger partial charge in [-0.3, -0.25) is 9.69 Å². The Kier molecular flexibility index (Phi) is 4.71. The first-order valence-electron chi connectivity index (χ1n) is 8.41. The monoisotopic (exact) mass is 327 g/mol. The van der Waals surface area contributed by atoms with E-state index in [2.05, 4.69) is 34.8 Å². The van der Waals surface area contributed by atoms with Crippen LogP contribution in [-0.2, 0) is 6.54 Å². The van der Waals surface area contributed by atoms with E-state index in [1.54, 1.807) is 13.2 Å². The predicted molar refractivity (Wildman–Crippen MR) is 94.7 cm³/mol. The maximum atomic E-state index is 11.7. The van der Waals surface area contributed by atoms with Crippen LogP contribution in [0, 0.1) is 20.8 Å². The number of H-pyrrole nitrogens is 1. The van der Waals surface area contributed by atoms with Crippen LogP contribution in [0.3, 0.4) is 0 Å². The molecule has 0 amide bonds. The normalized spacial score (nSPS) is 18.1. The standard InChI is InChI=1S/C19H25N3O2/c1-12-13(2)18(24-4)6-5-15(12)10-22-8-7-16(11-22)17-9-19(23)21-14(3)20-17/h5-6,9,16H,7-8,10-11H2,1-4H3,(H,20,21,23)/t16-/m1/s1. The van der Waals surface area contributed by atoms with Gasteiger partial charge in [0.2, 0.25) is 0 Å². The molecule has 1 aromatic carbocycles. The van der Waals surface area contributed by atoms with Gasteiger partial charge in [-0.15, -0.1) is 0 Å². The zero-order valence-corrected chi connectivity index (χ0v) is 14.8. The smallest absolute Gasteiger partial charge is 0.251 e. The van der Waals surface area contributed by atoms with Crippen molar-refractivity contribution in [3.8, 4) is 5.75 Å². The van der Waals surface area contributed by atoms with Crippen molar-refractivity contribution in [3.63, 3.8) is 0 Å². The van der Waals surface area contributed by atoms with Crippen molar-refractivity contribution in [2.75, 3.05) is 20.2 Å². The topological polar surface area (TPSA) is 58.2 Å². The molecule has 1 aliphatic rings. The fourth-order valence-corrected chi connectivity index (χ4v) is 3.51. The second kappa shape index (κ2) is 6.77. The van der Waals surface area contributed by atoms with E-state index < -0.39 is 0 Å². The molecule has 1 atom stereocenters. The van der Waals surface area contributed by atoms with Gasteiger partial charge in [0.15, 0.2) is 0 Å². The van der Waals surface area contributed by atoms with Gasteiger partial charge in [-0.2, -0.15) is 0 Å². The summed E-state index contributed by atoms with van der Waals surface area (Å²) < 4.78 is 5.39. The van der Waals surface area contributed by atoms with Crippen LogP contribution >= 0.6 is 0 Å². The molecular weight excluding hydrogens is 302 g/mol. The number of methoxy groups -OCH3 is 1. The molecule has 0 aliphatic carbocycles. The van der Waals surface area contributed by atoms with Gasteiger partial charge < -0.3 is 9.72 Å². The van der Waals surface area contributed by atoms with Gasteiger partial charge in [-0.25, -0.2) is 4.98 Å². The summed E-state index contributed by atoms with van der Waals surface area (Å²) in [6, 6.07) is 5.85. The number of rotatable bonds is 4. The highest BCUT2D eigenvalue weighted by Crippen LogP contribution is 2.29. The summed E-state index contributed by atoms with van der Waals surface area (Å²) in [5.74, 6) is 1.97. The minimum absolute atomic E-state index is 0.0578. The van der Waals surface area contributed by atoms with Crippen LogP contribution in [0.15, 0.2) is 23.0 Å². The number of hydrogen-bond donors (Lipinski definition) is 1. The lowest BCUT2D eigenvalue weighted by molar-refractivity contribution is 0.325. The molecule has 1 fully saturated rings. The van der Waals surface area contributed by atoms with Crippen molar-refractivity contribution in [3.05, 3.63) is 56.8 Å². The Morgan fingerprint density at radius 1 is 1.29 bits per heavy atom. The van der Waals surface area contributed by atoms with Crippen molar-refractivity contribution in [1.82, 2.24) is 14.9 Å². The SMILES string of the molecule is COc1ccc(CN2CC[C@@H](c3cc(=O)[nH]c(C)n3)C2)c(C)c1C. The Labute approximate surface area is 142 Å². The molecule has 2 aromatic rings. The summed E-state index contributed by atoms with van der Waals surface area (Å²) in [6.07, 6.45) is 1.05. The average molecular weight is 327 g/mol. The highest BCUT2D eigenvalue weighted by molar-refractivity contribution is 5.43. The number of aryl methyl sites for hydroxylation is 1. The summed E-state index contributed by atoms with van der Waals surface area (Å²) in [4.78, 5) is 21.3. The molecule has 0 unspecified atom stereocenters. The molecule has 24 heavy (non-hydrogen) atoms. The molecule has 0 radical (unpaired) electrons. The van der Waals surface area contributed by atoms with E-state index in [1.807, 2.05) is 13.0 Å². The average Bonchev–Trinajstić information content (AvgIpc) is 3.00. The number of nitrogens with one attached hydrogen (secondary N) is 1. The lowest BCUT2D eigenvalue weighted by Gasteiger charge is -2.19. The minimum atomic E-state index is -0.0578. The number of nitrogens with zero attached hydrogens (tertiary/aromatic N) is 2. The molecule has 0 saturated carbocycles. The molecule has 5 nitrogen and oxygen atoms in total. The first-order valence-corrected chi connectivity index (χ1v) is 8.41. The van der Waals surface area contributed by atoms with E-state index >= 15 is 0 Å². The molecule has 1 aliphatic heterocycles. The van der Waals surface area contributed by atoms with Gasteiger partial charge in [0.05, 0.1) is 12.8 Å². The van der Waals surface area contributed by atoms with Crippen LogP contribution < -0.4 is 10.3 Å². The first-order chi connectivity index (χ1) is 11.5. The third-order valence-corrected chi connectivity index (χ3v) is 5.03. The van der Waals surface area contributed by atoms with Crippen molar-refractivity contribution < 1.29 is 4.74 Å². The van der Waals surface area contributed by atoms with Gasteiger partial charge in [-0.1, -0.05) is 6.07 Å². The van der Waals surface area contributed by atoms with E-state index in [1.165, 1.54) is 16.7 Å². The number of likely N-dealkylation sites (tertiary alicyclic amines) is 1. The van der Waals surface area contributed by atoms with Gasteiger partial charge >= 0.3 is 0 Å². The predicted octanol–water partition coefficient (Wildman–Crippen LogP) is 2.69. The summed E-state index contributed by atoms with van der Waals surface area (Å²) >= 11 is 0. The van der Waals surface area contributed by atoms with Gasteiger partial charge in [-0.05, 0) is 56.5 Å². The van der Waals surface area contributed by atoms with E-state index in [-0.39, 0.29) is 5.56 Å². The Bertz CT molecular complexity index is 798. The molecular formula is C19H25N3O2. The summed E-state index contributed by atoms with van der Waals surface area (Å²) in [7, 11) is 1.71. The quantitative estimate of drug-likeness (QED) is 0.938. The molecule has 5 heteroatoms. The van der Waals surface area contributed by atoms with Crippen LogP contribution in [-0.4, -0.2) is 35.1 Å². The van der Waals surface area contributed by atoms with E-state index in [0.29, 0.717) is 11.7 Å². The van der Waals surface area contributed by atoms with Gasteiger partial charge in [0.25, 0.3) is 5.56 Å². The fourth-order valence-electron chi connectivity index (χ4n) is 3.51. The Balaban J connectivity index is 1.73. The van der Waals surface area contributed by atoms with Gasteiger partial charge in [0.1, 0.15) is 11.6 Å². The maximum Gasteiger partial charge on any atom is 0.251 e. The zero-order chi connectivity index (χ0) is 17.3. The number of aromatic nitrogens is 2. The van der Waals surface area contributed by atoms with Crippen molar-refractivity contribution in [2.45, 2.75) is 39.7 Å². The number of hydrogen-bond acceptors (Lipinski definition) is 4. The molecule has 0 bridgehead atoms. The number of ether oxygens (including phenoxy) is 1. The summed E-state index contributed by atoms with van der Waals surface area (Å²) in [5, 5.41) is 0.